The summed E-state index contributed by atoms with van der Waals surface area (Å²) in [4.78, 5) is 11.3. The molecule has 0 bridgehead atoms. The number of aliphatic hydroxyl groups excluding tert-OH is 1. The molecule has 1 atom stereocenters. The Kier molecular flexibility index (Phi) is 2.95. The standard InChI is InChI=1S/C14H18N2O3/c15-13(14(8-17)4-1-5-14)9-2-3-11-10(6-9)16-12(18)7-19-11/h2-3,6,13,17H,1,4-5,7-8,15H2,(H,16,18). The van der Waals surface area contributed by atoms with Crippen molar-refractivity contribution in [1.29, 1.82) is 0 Å². The molecular formula is C14H18N2O3. The smallest absolute Gasteiger partial charge is 0.262 e. The quantitative estimate of drug-likeness (QED) is 0.763. The van der Waals surface area contributed by atoms with Gasteiger partial charge in [0.1, 0.15) is 5.75 Å². The van der Waals surface area contributed by atoms with Gasteiger partial charge in [-0.1, -0.05) is 12.5 Å². The molecule has 1 amide bonds. The van der Waals surface area contributed by atoms with Crippen LogP contribution in [0.1, 0.15) is 30.9 Å². The van der Waals surface area contributed by atoms with Crippen LogP contribution in [0.4, 0.5) is 5.69 Å². The van der Waals surface area contributed by atoms with E-state index >= 15 is 0 Å². The van der Waals surface area contributed by atoms with Gasteiger partial charge in [-0.2, -0.15) is 0 Å². The van der Waals surface area contributed by atoms with Gasteiger partial charge in [0.05, 0.1) is 12.3 Å². The van der Waals surface area contributed by atoms with Crippen molar-refractivity contribution >= 4 is 11.6 Å². The number of benzene rings is 1. The summed E-state index contributed by atoms with van der Waals surface area (Å²) in [6.45, 7) is 0.160. The number of aliphatic hydroxyl groups is 1. The van der Waals surface area contributed by atoms with E-state index in [1.54, 1.807) is 0 Å². The number of rotatable bonds is 3. The zero-order chi connectivity index (χ0) is 13.5. The summed E-state index contributed by atoms with van der Waals surface area (Å²) < 4.78 is 5.32. The lowest BCUT2D eigenvalue weighted by molar-refractivity contribution is -0.118. The predicted molar refractivity (Wildman–Crippen MR) is 70.9 cm³/mol. The molecule has 1 aliphatic carbocycles. The highest BCUT2D eigenvalue weighted by molar-refractivity contribution is 5.95. The number of anilines is 1. The molecule has 3 rings (SSSR count). The van der Waals surface area contributed by atoms with E-state index in [0.29, 0.717) is 11.4 Å². The number of ether oxygens (including phenoxy) is 1. The highest BCUT2D eigenvalue weighted by Gasteiger charge is 2.42. The molecule has 5 nitrogen and oxygen atoms in total. The van der Waals surface area contributed by atoms with Gasteiger partial charge in [-0.3, -0.25) is 4.79 Å². The zero-order valence-electron chi connectivity index (χ0n) is 10.7. The van der Waals surface area contributed by atoms with E-state index < -0.39 is 0 Å². The summed E-state index contributed by atoms with van der Waals surface area (Å²) in [5.74, 6) is 0.515. The fraction of sp³-hybridized carbons (Fsp3) is 0.500. The first-order valence-corrected chi connectivity index (χ1v) is 6.58. The van der Waals surface area contributed by atoms with Crippen LogP contribution < -0.4 is 15.8 Å². The number of carbonyl (C=O) groups excluding carboxylic acids is 1. The predicted octanol–water partition coefficient (Wildman–Crippen LogP) is 1.18. The van der Waals surface area contributed by atoms with Crippen LogP contribution in [0.15, 0.2) is 18.2 Å². The number of nitrogens with two attached hydrogens (primary N) is 1. The molecule has 19 heavy (non-hydrogen) atoms. The van der Waals surface area contributed by atoms with Crippen LogP contribution in [-0.4, -0.2) is 24.2 Å². The Hall–Kier alpha value is -1.59. The number of nitrogens with one attached hydrogen (secondary N) is 1. The number of hydrogen-bond acceptors (Lipinski definition) is 4. The Bertz CT molecular complexity index is 506. The molecule has 1 aliphatic heterocycles. The Labute approximate surface area is 111 Å². The Morgan fingerprint density at radius 1 is 1.47 bits per heavy atom. The van der Waals surface area contributed by atoms with Gasteiger partial charge in [0, 0.05) is 11.5 Å². The molecule has 0 spiro atoms. The maximum atomic E-state index is 11.3. The van der Waals surface area contributed by atoms with E-state index in [0.717, 1.165) is 24.8 Å². The number of amides is 1. The summed E-state index contributed by atoms with van der Waals surface area (Å²) in [5.41, 5.74) is 7.69. The van der Waals surface area contributed by atoms with Crippen molar-refractivity contribution in [2.75, 3.05) is 18.5 Å². The molecule has 1 unspecified atom stereocenters. The van der Waals surface area contributed by atoms with Gasteiger partial charge in [0.2, 0.25) is 0 Å². The van der Waals surface area contributed by atoms with Gasteiger partial charge in [-0.25, -0.2) is 0 Å². The first kappa shape index (κ1) is 12.4. The minimum Gasteiger partial charge on any atom is -0.482 e. The Morgan fingerprint density at radius 2 is 2.26 bits per heavy atom. The van der Waals surface area contributed by atoms with Crippen molar-refractivity contribution < 1.29 is 14.6 Å². The summed E-state index contributed by atoms with van der Waals surface area (Å²) >= 11 is 0. The maximum absolute atomic E-state index is 11.3. The fourth-order valence-corrected chi connectivity index (χ4v) is 2.85. The molecule has 0 radical (unpaired) electrons. The van der Waals surface area contributed by atoms with Crippen LogP contribution in [0.5, 0.6) is 5.75 Å². The van der Waals surface area contributed by atoms with Crippen molar-refractivity contribution in [3.8, 4) is 5.75 Å². The molecule has 1 fully saturated rings. The summed E-state index contributed by atoms with van der Waals surface area (Å²) in [5, 5.41) is 12.4. The molecule has 5 heteroatoms. The molecule has 2 aliphatic rings. The van der Waals surface area contributed by atoms with E-state index in [1.807, 2.05) is 18.2 Å². The summed E-state index contributed by atoms with van der Waals surface area (Å²) in [6, 6.07) is 5.38. The molecule has 4 N–H and O–H groups in total. The molecule has 1 aromatic carbocycles. The van der Waals surface area contributed by atoms with Crippen LogP contribution in [0, 0.1) is 5.41 Å². The normalized spacial score (nSPS) is 21.7. The van der Waals surface area contributed by atoms with Crippen molar-refractivity contribution in [3.63, 3.8) is 0 Å². The lowest BCUT2D eigenvalue weighted by atomic mass is 9.63. The molecule has 0 saturated heterocycles. The van der Waals surface area contributed by atoms with E-state index in [2.05, 4.69) is 5.32 Å². The minimum absolute atomic E-state index is 0.0545. The first-order valence-electron chi connectivity index (χ1n) is 6.58. The fourth-order valence-electron chi connectivity index (χ4n) is 2.85. The second-order valence-corrected chi connectivity index (χ2v) is 5.44. The average Bonchev–Trinajstić information content (AvgIpc) is 2.37. The van der Waals surface area contributed by atoms with E-state index in [4.69, 9.17) is 10.5 Å². The van der Waals surface area contributed by atoms with Crippen molar-refractivity contribution in [2.24, 2.45) is 11.1 Å². The van der Waals surface area contributed by atoms with Gasteiger partial charge in [0.25, 0.3) is 5.91 Å². The first-order chi connectivity index (χ1) is 9.14. The van der Waals surface area contributed by atoms with Gasteiger partial charge in [-0.15, -0.1) is 0 Å². The third-order valence-corrected chi connectivity index (χ3v) is 4.32. The molecule has 1 heterocycles. The topological polar surface area (TPSA) is 84.6 Å². The third kappa shape index (κ3) is 1.99. The highest BCUT2D eigenvalue weighted by atomic mass is 16.5. The van der Waals surface area contributed by atoms with Crippen LogP contribution in [0.25, 0.3) is 0 Å². The van der Waals surface area contributed by atoms with E-state index in [-0.39, 0.29) is 30.6 Å². The SMILES string of the molecule is NC(c1ccc2c(c1)NC(=O)CO2)C1(CO)CCC1. The lowest BCUT2D eigenvalue weighted by Gasteiger charge is -2.45. The Morgan fingerprint density at radius 3 is 2.89 bits per heavy atom. The summed E-state index contributed by atoms with van der Waals surface area (Å²) in [6.07, 6.45) is 3.01. The number of hydrogen-bond donors (Lipinski definition) is 3. The summed E-state index contributed by atoms with van der Waals surface area (Å²) in [7, 11) is 0. The maximum Gasteiger partial charge on any atom is 0.262 e. The Balaban J connectivity index is 1.89. The second-order valence-electron chi connectivity index (χ2n) is 5.44. The third-order valence-electron chi connectivity index (χ3n) is 4.32. The van der Waals surface area contributed by atoms with Crippen molar-refractivity contribution in [3.05, 3.63) is 23.8 Å². The minimum atomic E-state index is -0.213. The zero-order valence-corrected chi connectivity index (χ0v) is 10.7. The second kappa shape index (κ2) is 4.51. The van der Waals surface area contributed by atoms with Gasteiger partial charge in [0.15, 0.2) is 6.61 Å². The number of fused-ring (bicyclic) bond motifs is 1. The van der Waals surface area contributed by atoms with Gasteiger partial charge >= 0.3 is 0 Å². The lowest BCUT2D eigenvalue weighted by Crippen LogP contribution is -2.43. The monoisotopic (exact) mass is 262 g/mol. The molecule has 0 aromatic heterocycles. The van der Waals surface area contributed by atoms with Gasteiger partial charge in [-0.05, 0) is 30.5 Å². The van der Waals surface area contributed by atoms with Crippen LogP contribution in [-0.2, 0) is 4.79 Å². The molecule has 1 saturated carbocycles. The highest BCUT2D eigenvalue weighted by Crippen LogP contribution is 2.49. The van der Waals surface area contributed by atoms with Gasteiger partial charge < -0.3 is 20.9 Å². The van der Waals surface area contributed by atoms with Crippen LogP contribution in [0.3, 0.4) is 0 Å². The largest absolute Gasteiger partial charge is 0.482 e. The van der Waals surface area contributed by atoms with E-state index in [9.17, 15) is 9.90 Å². The van der Waals surface area contributed by atoms with Crippen LogP contribution >= 0.6 is 0 Å². The van der Waals surface area contributed by atoms with Crippen molar-refractivity contribution in [1.82, 2.24) is 0 Å². The average molecular weight is 262 g/mol. The number of carbonyl (C=O) groups is 1. The molecule has 1 aromatic rings. The molecular weight excluding hydrogens is 244 g/mol. The van der Waals surface area contributed by atoms with E-state index in [1.165, 1.54) is 0 Å². The van der Waals surface area contributed by atoms with Crippen LogP contribution in [0.2, 0.25) is 0 Å². The molecule has 102 valence electrons. The van der Waals surface area contributed by atoms with Crippen molar-refractivity contribution in [2.45, 2.75) is 25.3 Å².